The molecule has 0 aromatic carbocycles. The first kappa shape index (κ1) is 12.9. The van der Waals surface area contributed by atoms with E-state index in [-0.39, 0.29) is 18.4 Å². The van der Waals surface area contributed by atoms with Gasteiger partial charge in [-0.05, 0) is 32.1 Å². The van der Waals surface area contributed by atoms with Gasteiger partial charge in [0.15, 0.2) is 0 Å². The summed E-state index contributed by atoms with van der Waals surface area (Å²) in [4.78, 5) is 35.9. The Kier molecular flexibility index (Phi) is 3.84. The summed E-state index contributed by atoms with van der Waals surface area (Å²) < 4.78 is 9.84. The lowest BCUT2D eigenvalue weighted by molar-refractivity contribution is -0.148. The third-order valence-corrected chi connectivity index (χ3v) is 3.45. The summed E-state index contributed by atoms with van der Waals surface area (Å²) in [5.41, 5.74) is 0. The number of esters is 1. The van der Waals surface area contributed by atoms with E-state index < -0.39 is 18.1 Å². The Hall–Kier alpha value is -1.59. The molecule has 1 heterocycles. The summed E-state index contributed by atoms with van der Waals surface area (Å²) in [6, 6.07) is -0.823. The molecule has 2 aliphatic rings. The zero-order valence-electron chi connectivity index (χ0n) is 10.4. The van der Waals surface area contributed by atoms with Gasteiger partial charge in [-0.25, -0.2) is 14.5 Å². The van der Waals surface area contributed by atoms with E-state index in [4.69, 9.17) is 4.74 Å². The highest BCUT2D eigenvalue weighted by Crippen LogP contribution is 2.25. The summed E-state index contributed by atoms with van der Waals surface area (Å²) in [5.74, 6) is -0.933. The summed E-state index contributed by atoms with van der Waals surface area (Å²) in [6.07, 6.45) is 3.39. The van der Waals surface area contributed by atoms with Crippen LogP contribution in [0, 0.1) is 0 Å². The second kappa shape index (κ2) is 5.37. The average molecular weight is 255 g/mol. The molecule has 0 unspecified atom stereocenters. The lowest BCUT2D eigenvalue weighted by atomic mass is 10.2. The fourth-order valence-electron chi connectivity index (χ4n) is 2.48. The molecule has 1 aliphatic heterocycles. The normalized spacial score (nSPS) is 24.4. The van der Waals surface area contributed by atoms with Crippen LogP contribution in [-0.4, -0.2) is 42.1 Å². The molecule has 2 amide bonds. The molecule has 1 saturated heterocycles. The van der Waals surface area contributed by atoms with Crippen molar-refractivity contribution in [2.45, 2.75) is 50.7 Å². The van der Waals surface area contributed by atoms with Crippen LogP contribution >= 0.6 is 0 Å². The molecule has 18 heavy (non-hydrogen) atoms. The number of carbonyl (C=O) groups is 3. The van der Waals surface area contributed by atoms with E-state index in [1.165, 1.54) is 7.11 Å². The van der Waals surface area contributed by atoms with Gasteiger partial charge in [0.05, 0.1) is 7.11 Å². The maximum absolute atomic E-state index is 11.9. The predicted octanol–water partition coefficient (Wildman–Crippen LogP) is 1.23. The molecule has 2 rings (SSSR count). The smallest absolute Gasteiger partial charge is 0.417 e. The van der Waals surface area contributed by atoms with Crippen LogP contribution in [0.25, 0.3) is 0 Å². The highest BCUT2D eigenvalue weighted by molar-refractivity contribution is 5.99. The summed E-state index contributed by atoms with van der Waals surface area (Å²) in [7, 11) is 1.24. The Morgan fingerprint density at radius 3 is 2.50 bits per heavy atom. The van der Waals surface area contributed by atoms with Crippen molar-refractivity contribution < 1.29 is 23.9 Å². The lowest BCUT2D eigenvalue weighted by Gasteiger charge is -2.22. The van der Waals surface area contributed by atoms with E-state index in [2.05, 4.69) is 4.74 Å². The van der Waals surface area contributed by atoms with Gasteiger partial charge in [-0.15, -0.1) is 0 Å². The Labute approximate surface area is 105 Å². The van der Waals surface area contributed by atoms with Gasteiger partial charge in [0, 0.05) is 6.42 Å². The van der Waals surface area contributed by atoms with Gasteiger partial charge in [-0.3, -0.25) is 4.79 Å². The van der Waals surface area contributed by atoms with Crippen molar-refractivity contribution in [1.82, 2.24) is 4.90 Å². The lowest BCUT2D eigenvalue weighted by Crippen LogP contribution is -2.44. The number of rotatable bonds is 2. The first-order chi connectivity index (χ1) is 8.63. The molecule has 2 fully saturated rings. The van der Waals surface area contributed by atoms with Crippen LogP contribution < -0.4 is 0 Å². The molecule has 0 aromatic heterocycles. The Balaban J connectivity index is 2.01. The Morgan fingerprint density at radius 2 is 1.89 bits per heavy atom. The van der Waals surface area contributed by atoms with Crippen LogP contribution in [0.3, 0.4) is 0 Å². The van der Waals surface area contributed by atoms with E-state index in [9.17, 15) is 14.4 Å². The molecule has 0 aromatic rings. The number of methoxy groups -OCH3 is 1. The zero-order chi connectivity index (χ0) is 13.1. The van der Waals surface area contributed by atoms with Crippen molar-refractivity contribution in [3.63, 3.8) is 0 Å². The standard InChI is InChI=1S/C12H17NO5/c1-17-11(15)9-6-7-10(14)13(9)12(16)18-8-4-2-3-5-8/h8-9H,2-7H2,1H3/t9-/m1/s1. The highest BCUT2D eigenvalue weighted by Gasteiger charge is 2.42. The van der Waals surface area contributed by atoms with Crippen LogP contribution in [0.1, 0.15) is 38.5 Å². The minimum absolute atomic E-state index is 0.121. The topological polar surface area (TPSA) is 72.9 Å². The molecule has 1 atom stereocenters. The van der Waals surface area contributed by atoms with Crippen molar-refractivity contribution in [2.24, 2.45) is 0 Å². The number of amides is 2. The molecule has 0 bridgehead atoms. The summed E-state index contributed by atoms with van der Waals surface area (Å²) >= 11 is 0. The van der Waals surface area contributed by atoms with E-state index in [0.29, 0.717) is 6.42 Å². The third kappa shape index (κ3) is 2.47. The van der Waals surface area contributed by atoms with Crippen LogP contribution in [-0.2, 0) is 19.1 Å². The molecule has 6 heteroatoms. The number of nitrogens with zero attached hydrogens (tertiary/aromatic N) is 1. The average Bonchev–Trinajstić information content (AvgIpc) is 2.97. The quantitative estimate of drug-likeness (QED) is 0.694. The second-order valence-electron chi connectivity index (χ2n) is 4.63. The Bertz CT molecular complexity index is 361. The summed E-state index contributed by atoms with van der Waals surface area (Å²) in [6.45, 7) is 0. The molecule has 0 spiro atoms. The van der Waals surface area contributed by atoms with Crippen molar-refractivity contribution in [1.29, 1.82) is 0 Å². The number of ether oxygens (including phenoxy) is 2. The van der Waals surface area contributed by atoms with Crippen LogP contribution in [0.4, 0.5) is 4.79 Å². The van der Waals surface area contributed by atoms with E-state index in [1.807, 2.05) is 0 Å². The molecule has 0 radical (unpaired) electrons. The van der Waals surface area contributed by atoms with Crippen molar-refractivity contribution in [3.8, 4) is 0 Å². The SMILES string of the molecule is COC(=O)[C@H]1CCC(=O)N1C(=O)OC1CCCC1. The fraction of sp³-hybridized carbons (Fsp3) is 0.750. The Morgan fingerprint density at radius 1 is 1.22 bits per heavy atom. The van der Waals surface area contributed by atoms with Crippen molar-refractivity contribution in [2.75, 3.05) is 7.11 Å². The van der Waals surface area contributed by atoms with Gasteiger partial charge in [-0.2, -0.15) is 0 Å². The first-order valence-corrected chi connectivity index (χ1v) is 6.24. The van der Waals surface area contributed by atoms with Crippen LogP contribution in [0.5, 0.6) is 0 Å². The van der Waals surface area contributed by atoms with Gasteiger partial charge in [0.1, 0.15) is 12.1 Å². The number of hydrogen-bond acceptors (Lipinski definition) is 5. The number of imide groups is 1. The molecule has 0 N–H and O–H groups in total. The molecule has 1 aliphatic carbocycles. The first-order valence-electron chi connectivity index (χ1n) is 6.24. The number of likely N-dealkylation sites (tertiary alicyclic amines) is 1. The largest absolute Gasteiger partial charge is 0.467 e. The van der Waals surface area contributed by atoms with Gasteiger partial charge in [-0.1, -0.05) is 0 Å². The van der Waals surface area contributed by atoms with Crippen molar-refractivity contribution >= 4 is 18.0 Å². The number of carbonyl (C=O) groups excluding carboxylic acids is 3. The van der Waals surface area contributed by atoms with Gasteiger partial charge in [0.25, 0.3) is 0 Å². The van der Waals surface area contributed by atoms with E-state index in [0.717, 1.165) is 30.6 Å². The molecular formula is C12H17NO5. The maximum Gasteiger partial charge on any atom is 0.417 e. The van der Waals surface area contributed by atoms with Gasteiger partial charge >= 0.3 is 12.1 Å². The molecular weight excluding hydrogens is 238 g/mol. The minimum atomic E-state index is -0.823. The molecule has 100 valence electrons. The van der Waals surface area contributed by atoms with E-state index in [1.54, 1.807) is 0 Å². The zero-order valence-corrected chi connectivity index (χ0v) is 10.4. The second-order valence-corrected chi connectivity index (χ2v) is 4.63. The molecule has 6 nitrogen and oxygen atoms in total. The minimum Gasteiger partial charge on any atom is -0.467 e. The van der Waals surface area contributed by atoms with E-state index >= 15 is 0 Å². The van der Waals surface area contributed by atoms with Gasteiger partial charge < -0.3 is 9.47 Å². The monoisotopic (exact) mass is 255 g/mol. The van der Waals surface area contributed by atoms with Crippen LogP contribution in [0.15, 0.2) is 0 Å². The highest BCUT2D eigenvalue weighted by atomic mass is 16.6. The van der Waals surface area contributed by atoms with Crippen molar-refractivity contribution in [3.05, 3.63) is 0 Å². The summed E-state index contributed by atoms with van der Waals surface area (Å²) in [5, 5.41) is 0. The molecule has 1 saturated carbocycles. The predicted molar refractivity (Wildman–Crippen MR) is 60.6 cm³/mol. The number of hydrogen-bond donors (Lipinski definition) is 0. The fourth-order valence-corrected chi connectivity index (χ4v) is 2.48. The van der Waals surface area contributed by atoms with Crippen LogP contribution in [0.2, 0.25) is 0 Å². The van der Waals surface area contributed by atoms with Gasteiger partial charge in [0.2, 0.25) is 5.91 Å². The maximum atomic E-state index is 11.9. The third-order valence-electron chi connectivity index (χ3n) is 3.45.